The van der Waals surface area contributed by atoms with Gasteiger partial charge in [-0.3, -0.25) is 4.90 Å². The lowest BCUT2D eigenvalue weighted by Gasteiger charge is -2.29. The third-order valence-electron chi connectivity index (χ3n) is 4.51. The summed E-state index contributed by atoms with van der Waals surface area (Å²) in [6, 6.07) is 8.95. The van der Waals surface area contributed by atoms with Gasteiger partial charge in [0.05, 0.1) is 7.11 Å². The summed E-state index contributed by atoms with van der Waals surface area (Å²) in [6.45, 7) is 8.85. The minimum atomic E-state index is -1.82. The van der Waals surface area contributed by atoms with Crippen molar-refractivity contribution in [2.45, 2.75) is 26.3 Å². The van der Waals surface area contributed by atoms with Crippen molar-refractivity contribution in [3.8, 4) is 5.75 Å². The van der Waals surface area contributed by atoms with Gasteiger partial charge in [0.15, 0.2) is 0 Å². The van der Waals surface area contributed by atoms with Crippen LogP contribution in [0, 0.1) is 5.92 Å². The van der Waals surface area contributed by atoms with Crippen molar-refractivity contribution in [1.29, 1.82) is 0 Å². The molecule has 0 radical (unpaired) electrons. The highest BCUT2D eigenvalue weighted by Gasteiger charge is 2.35. The lowest BCUT2D eigenvalue weighted by molar-refractivity contribution is -0.159. The second kappa shape index (κ2) is 14.7. The average molecular weight is 442 g/mol. The number of carbonyl (C=O) groups is 4. The van der Waals surface area contributed by atoms with Crippen molar-refractivity contribution >= 4 is 23.9 Å². The van der Waals surface area contributed by atoms with Crippen LogP contribution in [0.15, 0.2) is 24.3 Å². The normalized spacial score (nSPS) is 17.4. The molecule has 0 aromatic heterocycles. The van der Waals surface area contributed by atoms with E-state index < -0.39 is 23.9 Å². The summed E-state index contributed by atoms with van der Waals surface area (Å²) in [5, 5.41) is 33.1. The summed E-state index contributed by atoms with van der Waals surface area (Å²) in [5.41, 5.74) is 1.34. The minimum Gasteiger partial charge on any atom is -0.496 e. The summed E-state index contributed by atoms with van der Waals surface area (Å²) in [5.74, 6) is -5.60. The lowest BCUT2D eigenvalue weighted by atomic mass is 9.93. The SMILES string of the molecule is CCNC[C@@H]1CCN(CC)[C@H]1c1ccccc1OC.O=C(O)C(=O)O.O=C(O)C(=O)O. The second-order valence-corrected chi connectivity index (χ2v) is 6.39. The van der Waals surface area contributed by atoms with E-state index in [9.17, 15) is 0 Å². The fraction of sp³-hybridized carbons (Fsp3) is 0.500. The number of ether oxygens (including phenoxy) is 1. The van der Waals surface area contributed by atoms with Crippen molar-refractivity contribution in [3.63, 3.8) is 0 Å². The summed E-state index contributed by atoms with van der Waals surface area (Å²) >= 11 is 0. The van der Waals surface area contributed by atoms with Crippen LogP contribution < -0.4 is 10.1 Å². The fourth-order valence-electron chi connectivity index (χ4n) is 3.19. The molecule has 0 saturated carbocycles. The molecule has 2 atom stereocenters. The Morgan fingerprint density at radius 1 is 1.00 bits per heavy atom. The predicted molar refractivity (Wildman–Crippen MR) is 110 cm³/mol. The zero-order valence-corrected chi connectivity index (χ0v) is 17.8. The summed E-state index contributed by atoms with van der Waals surface area (Å²) in [6.07, 6.45) is 1.27. The van der Waals surface area contributed by atoms with Gasteiger partial charge in [0.25, 0.3) is 0 Å². The maximum absolute atomic E-state index is 9.10. The molecule has 11 nitrogen and oxygen atoms in total. The van der Waals surface area contributed by atoms with Gasteiger partial charge in [0.2, 0.25) is 0 Å². The maximum atomic E-state index is 9.10. The predicted octanol–water partition coefficient (Wildman–Crippen LogP) is 0.999. The Morgan fingerprint density at radius 2 is 1.52 bits per heavy atom. The van der Waals surface area contributed by atoms with Crippen LogP contribution in [-0.2, 0) is 19.2 Å². The highest BCUT2D eigenvalue weighted by atomic mass is 16.5. The highest BCUT2D eigenvalue weighted by Crippen LogP contribution is 2.40. The zero-order chi connectivity index (χ0) is 24.0. The van der Waals surface area contributed by atoms with Crippen molar-refractivity contribution in [1.82, 2.24) is 10.2 Å². The first-order valence-corrected chi connectivity index (χ1v) is 9.60. The molecule has 1 saturated heterocycles. The number of methoxy groups -OCH3 is 1. The van der Waals surface area contributed by atoms with Crippen molar-refractivity contribution in [2.24, 2.45) is 5.92 Å². The van der Waals surface area contributed by atoms with Crippen LogP contribution in [0.3, 0.4) is 0 Å². The molecule has 0 amide bonds. The molecule has 2 rings (SSSR count). The van der Waals surface area contributed by atoms with Gasteiger partial charge in [-0.05, 0) is 44.6 Å². The zero-order valence-electron chi connectivity index (χ0n) is 17.8. The molecular formula is C20H30N2O9. The van der Waals surface area contributed by atoms with Gasteiger partial charge in [-0.1, -0.05) is 32.0 Å². The summed E-state index contributed by atoms with van der Waals surface area (Å²) < 4.78 is 5.56. The van der Waals surface area contributed by atoms with Crippen LogP contribution in [-0.4, -0.2) is 82.5 Å². The van der Waals surface area contributed by atoms with Crippen LogP contribution in [0.2, 0.25) is 0 Å². The van der Waals surface area contributed by atoms with Crippen molar-refractivity contribution in [2.75, 3.05) is 33.3 Å². The Kier molecular flexibility index (Phi) is 13.2. The Morgan fingerprint density at radius 3 is 1.94 bits per heavy atom. The molecule has 1 heterocycles. The lowest BCUT2D eigenvalue weighted by Crippen LogP contribution is -2.30. The highest BCUT2D eigenvalue weighted by molar-refractivity contribution is 6.27. The van der Waals surface area contributed by atoms with E-state index in [0.29, 0.717) is 12.0 Å². The minimum absolute atomic E-state index is 0.486. The molecule has 0 bridgehead atoms. The van der Waals surface area contributed by atoms with Crippen LogP contribution in [0.4, 0.5) is 0 Å². The number of aliphatic carboxylic acids is 4. The number of likely N-dealkylation sites (tertiary alicyclic amines) is 1. The number of hydrogen-bond acceptors (Lipinski definition) is 7. The van der Waals surface area contributed by atoms with E-state index in [4.69, 9.17) is 44.3 Å². The number of benzene rings is 1. The molecule has 0 unspecified atom stereocenters. The smallest absolute Gasteiger partial charge is 0.414 e. The Bertz CT molecular complexity index is 691. The standard InChI is InChI=1S/C16H26N2O.2C2H2O4/c1-4-17-12-13-10-11-18(5-2)16(13)14-8-6-7-9-15(14)19-3;2*3-1(4)2(5)6/h6-9,13,16-17H,4-5,10-12H2,1-3H3;2*(H,3,4)(H,5,6)/t13-,16+;;/m0../s1. The Labute approximate surface area is 180 Å². The van der Waals surface area contributed by atoms with Gasteiger partial charge >= 0.3 is 23.9 Å². The number of nitrogens with one attached hydrogen (secondary N) is 1. The second-order valence-electron chi connectivity index (χ2n) is 6.39. The number of nitrogens with zero attached hydrogens (tertiary/aromatic N) is 1. The van der Waals surface area contributed by atoms with Gasteiger partial charge < -0.3 is 30.5 Å². The molecule has 11 heteroatoms. The van der Waals surface area contributed by atoms with Crippen LogP contribution in [0.5, 0.6) is 5.75 Å². The molecule has 1 aliphatic heterocycles. The molecular weight excluding hydrogens is 412 g/mol. The molecule has 1 aromatic carbocycles. The van der Waals surface area contributed by atoms with Gasteiger partial charge in [-0.15, -0.1) is 0 Å². The van der Waals surface area contributed by atoms with Crippen LogP contribution in [0.1, 0.15) is 31.9 Å². The fourth-order valence-corrected chi connectivity index (χ4v) is 3.19. The Balaban J connectivity index is 0.000000620. The molecule has 5 N–H and O–H groups in total. The van der Waals surface area contributed by atoms with Crippen LogP contribution >= 0.6 is 0 Å². The monoisotopic (exact) mass is 442 g/mol. The topological polar surface area (TPSA) is 174 Å². The van der Waals surface area contributed by atoms with E-state index in [1.165, 1.54) is 18.5 Å². The van der Waals surface area contributed by atoms with E-state index in [1.54, 1.807) is 7.11 Å². The quantitative estimate of drug-likeness (QED) is 0.398. The summed E-state index contributed by atoms with van der Waals surface area (Å²) in [7, 11) is 1.77. The first kappa shape index (κ1) is 27.8. The molecule has 1 aliphatic rings. The third kappa shape index (κ3) is 9.92. The van der Waals surface area contributed by atoms with E-state index in [1.807, 2.05) is 6.07 Å². The maximum Gasteiger partial charge on any atom is 0.414 e. The van der Waals surface area contributed by atoms with E-state index in [0.717, 1.165) is 25.4 Å². The van der Waals surface area contributed by atoms with Gasteiger partial charge in [-0.25, -0.2) is 19.2 Å². The third-order valence-corrected chi connectivity index (χ3v) is 4.51. The first-order chi connectivity index (χ1) is 14.6. The molecule has 174 valence electrons. The average Bonchev–Trinajstić information content (AvgIpc) is 3.15. The number of para-hydroxylation sites is 1. The van der Waals surface area contributed by atoms with E-state index >= 15 is 0 Å². The number of carboxylic acid groups (broad SMARTS) is 4. The van der Waals surface area contributed by atoms with Crippen molar-refractivity contribution < 1.29 is 44.3 Å². The molecule has 31 heavy (non-hydrogen) atoms. The van der Waals surface area contributed by atoms with Gasteiger partial charge in [-0.2, -0.15) is 0 Å². The van der Waals surface area contributed by atoms with Crippen LogP contribution in [0.25, 0.3) is 0 Å². The largest absolute Gasteiger partial charge is 0.496 e. The van der Waals surface area contributed by atoms with E-state index in [-0.39, 0.29) is 0 Å². The summed E-state index contributed by atoms with van der Waals surface area (Å²) in [4.78, 5) is 39.0. The Hall–Kier alpha value is -3.18. The van der Waals surface area contributed by atoms with Gasteiger partial charge in [0, 0.05) is 11.6 Å². The molecule has 0 spiro atoms. The number of hydrogen-bond donors (Lipinski definition) is 5. The van der Waals surface area contributed by atoms with E-state index in [2.05, 4.69) is 42.3 Å². The first-order valence-electron chi connectivity index (χ1n) is 9.60. The number of carboxylic acids is 4. The molecule has 1 fully saturated rings. The van der Waals surface area contributed by atoms with Crippen molar-refractivity contribution in [3.05, 3.63) is 29.8 Å². The molecule has 1 aromatic rings. The number of rotatable bonds is 6. The van der Waals surface area contributed by atoms with Gasteiger partial charge in [0.1, 0.15) is 5.75 Å². The molecule has 0 aliphatic carbocycles.